The highest BCUT2D eigenvalue weighted by Gasteiger charge is 2.31. The van der Waals surface area contributed by atoms with Crippen molar-refractivity contribution in [2.24, 2.45) is 46.1 Å². The third-order valence-corrected chi connectivity index (χ3v) is 28.8. The fourth-order valence-corrected chi connectivity index (χ4v) is 21.0. The molecule has 0 spiro atoms. The molecule has 0 saturated heterocycles. The van der Waals surface area contributed by atoms with E-state index in [9.17, 15) is 0 Å². The van der Waals surface area contributed by atoms with Gasteiger partial charge in [-0.3, -0.25) is 24.9 Å². The lowest BCUT2D eigenvalue weighted by Gasteiger charge is -2.34. The van der Waals surface area contributed by atoms with E-state index in [0.717, 1.165) is 39.9 Å². The van der Waals surface area contributed by atoms with Crippen molar-refractivity contribution in [1.29, 1.82) is 0 Å². The van der Waals surface area contributed by atoms with Gasteiger partial charge in [-0.2, -0.15) is 0 Å². The number of hydrogen-bond donors (Lipinski definition) is 0. The summed E-state index contributed by atoms with van der Waals surface area (Å²) in [4.78, 5) is 23.4. The molecule has 11 aromatic carbocycles. The van der Waals surface area contributed by atoms with Crippen LogP contribution in [0.1, 0.15) is 153 Å². The van der Waals surface area contributed by atoms with Gasteiger partial charge in [-0.15, -0.1) is 0 Å². The molecule has 10 heterocycles. The van der Waals surface area contributed by atoms with E-state index < -0.39 is 0 Å². The van der Waals surface area contributed by atoms with Gasteiger partial charge < -0.3 is 0 Å². The molecule has 134 heavy (non-hydrogen) atoms. The van der Waals surface area contributed by atoms with E-state index in [1.807, 2.05) is 31.0 Å². The van der Waals surface area contributed by atoms with E-state index in [-0.39, 0.29) is 5.41 Å². The molecule has 2 fully saturated rings. The predicted molar refractivity (Wildman–Crippen MR) is 559 cm³/mol. The second-order valence-electron chi connectivity index (χ2n) is 40.2. The summed E-state index contributed by atoms with van der Waals surface area (Å²) < 4.78 is 11.2. The summed E-state index contributed by atoms with van der Waals surface area (Å²) in [6.07, 6.45) is 32.6. The maximum atomic E-state index is 4.73. The van der Waals surface area contributed by atoms with Gasteiger partial charge in [0.25, 0.3) is 0 Å². The third kappa shape index (κ3) is 18.2. The van der Waals surface area contributed by atoms with Crippen molar-refractivity contribution in [3.63, 3.8) is 0 Å². The van der Waals surface area contributed by atoms with Gasteiger partial charge in [0.05, 0.1) is 38.5 Å². The highest BCUT2D eigenvalue weighted by molar-refractivity contribution is 6.12. The van der Waals surface area contributed by atoms with Crippen LogP contribution in [-0.2, 0) is 41.7 Å². The quantitative estimate of drug-likeness (QED) is 0.112. The average Bonchev–Trinajstić information content (AvgIpc) is 0.948. The van der Waals surface area contributed by atoms with E-state index in [0.29, 0.717) is 11.3 Å². The van der Waals surface area contributed by atoms with Crippen LogP contribution in [0.15, 0.2) is 317 Å². The Morgan fingerprint density at radius 2 is 0.590 bits per heavy atom. The Morgan fingerprint density at radius 1 is 0.284 bits per heavy atom. The van der Waals surface area contributed by atoms with Crippen LogP contribution < -0.4 is 22.8 Å². The van der Waals surface area contributed by atoms with Gasteiger partial charge in [0, 0.05) is 161 Å². The molecule has 2 aliphatic carbocycles. The molecule has 2 saturated carbocycles. The van der Waals surface area contributed by atoms with Crippen LogP contribution in [0, 0.1) is 59.3 Å². The van der Waals surface area contributed by atoms with Crippen LogP contribution in [0.25, 0.3) is 175 Å². The standard InChI is InChI=1S/C28H31N2.C25H25N2.C25H27N2.C24H19N2.C22H21N2/c1-19-15-26-25(23-8-6-5-7-22(23)18-29-26)17-24(19)27-16-21(11-14-30(27)4)20-9-12-28(2,3)13-10-20;1-17-13-24-23(21-10-6-5-9-20(21)16-26-24)15-22(17)25-14-19(11-12-27(25)2)18-7-3-4-8-18;1-17-12-23-22(20-9-7-6-8-19(20)16-26-23)14-21(17)24-13-18(10-11-27(24)5)15-25(2,3)4;1-16-13-23-22(19-9-5-4-8-18(19)15-25-23)14-21(16)24-20-10-6-3-7-17(20)11-12-26(24)2;1-14-10-22(24(4)13-16(14)3)19-11-20-18-8-6-5-7-17(18)12-23-21(20)9-15(19)2/h5-8,11,14-18,20H,9-10,12-13H2,1-4H3;5-6,9-16,18H,3-4,7-8H2,1-2H3;6-14,16H,15H2,1-5H3;3-15H,1-2H3;5-13H,1-4H3/q5*+1. The number of nitrogens with zero attached hydrogens (tertiary/aromatic N) is 10. The van der Waals surface area contributed by atoms with Crippen molar-refractivity contribution in [3.8, 4) is 56.3 Å². The van der Waals surface area contributed by atoms with Crippen molar-refractivity contribution in [1.82, 2.24) is 24.9 Å². The second-order valence-corrected chi connectivity index (χ2v) is 40.2. The zero-order chi connectivity index (χ0) is 93.0. The van der Waals surface area contributed by atoms with Crippen molar-refractivity contribution in [3.05, 3.63) is 372 Å². The van der Waals surface area contributed by atoms with Gasteiger partial charge in [0.2, 0.25) is 28.5 Å². The smallest absolute Gasteiger partial charge is 0.220 e. The van der Waals surface area contributed by atoms with E-state index in [1.54, 1.807) is 0 Å². The Balaban J connectivity index is 0.000000108. The van der Waals surface area contributed by atoms with Crippen LogP contribution in [0.4, 0.5) is 0 Å². The van der Waals surface area contributed by atoms with Gasteiger partial charge in [-0.1, -0.05) is 187 Å². The predicted octanol–water partition coefficient (Wildman–Crippen LogP) is 28.6. The monoisotopic (exact) mass is 1750 g/mol. The molecular formula is C124H123N10+5. The Morgan fingerprint density at radius 3 is 0.963 bits per heavy atom. The minimum atomic E-state index is 0.274. The Labute approximate surface area is 789 Å². The largest absolute Gasteiger partial charge is 0.256 e. The second kappa shape index (κ2) is 37.1. The first-order valence-electron chi connectivity index (χ1n) is 47.9. The zero-order valence-electron chi connectivity index (χ0n) is 81.0. The molecular weight excluding hydrogens is 1630 g/mol. The molecule has 0 atom stereocenters. The van der Waals surface area contributed by atoms with Crippen molar-refractivity contribution < 1.29 is 22.8 Å². The molecule has 0 aliphatic heterocycles. The van der Waals surface area contributed by atoms with Crippen LogP contribution >= 0.6 is 0 Å². The van der Waals surface area contributed by atoms with E-state index in [2.05, 4.69) is 442 Å². The Bertz CT molecular complexity index is 8160. The van der Waals surface area contributed by atoms with Gasteiger partial charge in [0.15, 0.2) is 31.0 Å². The summed E-state index contributed by atoms with van der Waals surface area (Å²) in [6, 6.07) is 92.3. The summed E-state index contributed by atoms with van der Waals surface area (Å²) in [5.41, 5.74) is 32.2. The molecule has 10 heteroatoms. The van der Waals surface area contributed by atoms with Gasteiger partial charge in [-0.25, -0.2) is 22.8 Å². The molecule has 0 amide bonds. The van der Waals surface area contributed by atoms with Crippen LogP contribution in [0.2, 0.25) is 0 Å². The van der Waals surface area contributed by atoms with Crippen molar-refractivity contribution in [2.75, 3.05) is 0 Å². The Hall–Kier alpha value is -14.2. The molecule has 664 valence electrons. The first kappa shape index (κ1) is 89.0. The summed E-state index contributed by atoms with van der Waals surface area (Å²) in [7, 11) is 10.7. The lowest BCUT2D eigenvalue weighted by Crippen LogP contribution is -2.31. The summed E-state index contributed by atoms with van der Waals surface area (Å²) in [5.74, 6) is 1.41. The van der Waals surface area contributed by atoms with Crippen LogP contribution in [0.3, 0.4) is 0 Å². The molecule has 21 aromatic rings. The summed E-state index contributed by atoms with van der Waals surface area (Å²) >= 11 is 0. The average molecular weight is 1750 g/mol. The number of aryl methyl sites for hydroxylation is 12. The molecule has 10 aromatic heterocycles. The maximum absolute atomic E-state index is 4.73. The molecule has 23 rings (SSSR count). The fourth-order valence-electron chi connectivity index (χ4n) is 21.0. The van der Waals surface area contributed by atoms with Gasteiger partial charge in [-0.05, 0) is 265 Å². The number of fused-ring (bicyclic) bond motifs is 16. The lowest BCUT2D eigenvalue weighted by atomic mass is 9.71. The first-order chi connectivity index (χ1) is 64.7. The lowest BCUT2D eigenvalue weighted by molar-refractivity contribution is -0.660. The molecule has 0 bridgehead atoms. The molecule has 0 radical (unpaired) electrons. The van der Waals surface area contributed by atoms with Crippen LogP contribution in [0.5, 0.6) is 0 Å². The minimum Gasteiger partial charge on any atom is -0.256 e. The highest BCUT2D eigenvalue weighted by atomic mass is 14.9. The van der Waals surface area contributed by atoms with E-state index >= 15 is 0 Å². The number of pyridine rings is 10. The minimum absolute atomic E-state index is 0.274. The van der Waals surface area contributed by atoms with E-state index in [1.165, 1.54) is 255 Å². The number of aromatic nitrogens is 10. The zero-order valence-corrected chi connectivity index (χ0v) is 81.0. The van der Waals surface area contributed by atoms with E-state index in [4.69, 9.17) is 9.97 Å². The molecule has 10 nitrogen and oxygen atoms in total. The highest BCUT2D eigenvalue weighted by Crippen LogP contribution is 2.45. The molecule has 0 N–H and O–H groups in total. The number of rotatable bonds is 8. The fraction of sp³-hybridized carbons (Fsp3) is 0.242. The van der Waals surface area contributed by atoms with Crippen molar-refractivity contribution in [2.45, 2.75) is 153 Å². The van der Waals surface area contributed by atoms with Crippen molar-refractivity contribution >= 4 is 119 Å². The van der Waals surface area contributed by atoms with Crippen LogP contribution in [-0.4, -0.2) is 24.9 Å². The molecule has 0 unspecified atom stereocenters. The molecule has 2 aliphatic rings. The number of benzene rings is 11. The normalized spacial score (nSPS) is 13.5. The SMILES string of the molecule is Cc1cc(-c2cc3c(cc2C)ncc2ccccc23)[n+](C)cc1C.Cc1cc2ncc3ccccc3c2cc1-c1c2ccccc2cc[n+]1C.Cc1cc2ncc3ccccc3c2cc1-c1cc(C2CCC(C)(C)CC2)cc[n+]1C.Cc1cc2ncc3ccccc3c2cc1-c1cc(C2CCCC2)cc[n+]1C.Cc1cc2ncc3ccccc3c2cc1-c1cc(CC(C)(C)C)cc[n+]1C. The summed E-state index contributed by atoms with van der Waals surface area (Å²) in [5, 5.41) is 20.9. The van der Waals surface area contributed by atoms with Gasteiger partial charge >= 0.3 is 0 Å². The first-order valence-corrected chi connectivity index (χ1v) is 47.9. The Kier molecular flexibility index (Phi) is 24.6. The topological polar surface area (TPSA) is 83.8 Å². The third-order valence-electron chi connectivity index (χ3n) is 28.8. The summed E-state index contributed by atoms with van der Waals surface area (Å²) in [6.45, 7) is 27.0. The van der Waals surface area contributed by atoms with Gasteiger partial charge in [0.1, 0.15) is 35.2 Å². The number of hydrogen-bond acceptors (Lipinski definition) is 5. The maximum Gasteiger partial charge on any atom is 0.220 e.